The average molecular weight is 490 g/mol. The maximum Gasteiger partial charge on any atom is 0.234 e. The van der Waals surface area contributed by atoms with Gasteiger partial charge in [-0.2, -0.15) is 0 Å². The fourth-order valence-corrected chi connectivity index (χ4v) is 5.23. The molecule has 35 heavy (non-hydrogen) atoms. The first-order valence-electron chi connectivity index (χ1n) is 11.5. The molecule has 1 fully saturated rings. The highest BCUT2D eigenvalue weighted by molar-refractivity contribution is 7.22. The summed E-state index contributed by atoms with van der Waals surface area (Å²) >= 11 is 1.27. The molecule has 8 heteroatoms. The Balaban J connectivity index is 1.42. The number of thiazole rings is 1. The minimum atomic E-state index is -0.512. The Hall–Kier alpha value is -3.78. The van der Waals surface area contributed by atoms with E-state index in [-0.39, 0.29) is 30.6 Å². The number of carbonyl (C=O) groups is 2. The van der Waals surface area contributed by atoms with Crippen LogP contribution in [0.15, 0.2) is 72.8 Å². The number of aromatic nitrogens is 1. The van der Waals surface area contributed by atoms with Crippen LogP contribution in [-0.2, 0) is 16.1 Å². The van der Waals surface area contributed by atoms with E-state index in [9.17, 15) is 14.0 Å². The van der Waals surface area contributed by atoms with Gasteiger partial charge in [0.25, 0.3) is 0 Å². The summed E-state index contributed by atoms with van der Waals surface area (Å²) in [7, 11) is 0. The molecule has 1 atom stereocenters. The van der Waals surface area contributed by atoms with Crippen molar-refractivity contribution in [2.24, 2.45) is 5.92 Å². The molecule has 0 unspecified atom stereocenters. The Morgan fingerprint density at radius 1 is 1.14 bits per heavy atom. The standard InChI is InChI=1S/C27H24FN3O3S/c1-2-34-22-11-9-21(10-12-22)30-17-19(14-25(30)32)26(33)31(16-18-6-4-3-5-7-18)27-29-23-13-8-20(28)15-24(23)35-27/h3-13,15,19H,2,14,16-17H2,1H3/t19-/m1/s1. The van der Waals surface area contributed by atoms with Crippen LogP contribution in [0.3, 0.4) is 0 Å². The van der Waals surface area contributed by atoms with Gasteiger partial charge in [-0.3, -0.25) is 14.5 Å². The summed E-state index contributed by atoms with van der Waals surface area (Å²) in [5.41, 5.74) is 2.31. The first-order valence-corrected chi connectivity index (χ1v) is 12.3. The smallest absolute Gasteiger partial charge is 0.234 e. The third-order valence-electron chi connectivity index (χ3n) is 5.95. The predicted molar refractivity (Wildman–Crippen MR) is 135 cm³/mol. The fraction of sp³-hybridized carbons (Fsp3) is 0.222. The van der Waals surface area contributed by atoms with Gasteiger partial charge in [0, 0.05) is 18.7 Å². The summed E-state index contributed by atoms with van der Waals surface area (Å²) in [5, 5.41) is 0.492. The number of hydrogen-bond donors (Lipinski definition) is 0. The molecule has 1 aliphatic rings. The van der Waals surface area contributed by atoms with Gasteiger partial charge in [0.15, 0.2) is 5.13 Å². The molecule has 5 rings (SSSR count). The number of hydrogen-bond acceptors (Lipinski definition) is 5. The Bertz CT molecular complexity index is 1360. The number of amides is 2. The number of nitrogens with zero attached hydrogens (tertiary/aromatic N) is 3. The van der Waals surface area contributed by atoms with E-state index in [2.05, 4.69) is 4.98 Å². The first-order chi connectivity index (χ1) is 17.0. The van der Waals surface area contributed by atoms with Gasteiger partial charge in [-0.05, 0) is 55.0 Å². The molecular weight excluding hydrogens is 465 g/mol. The van der Waals surface area contributed by atoms with Crippen molar-refractivity contribution in [1.29, 1.82) is 0 Å². The number of anilines is 2. The van der Waals surface area contributed by atoms with Crippen molar-refractivity contribution in [2.75, 3.05) is 23.0 Å². The van der Waals surface area contributed by atoms with E-state index >= 15 is 0 Å². The molecule has 1 aromatic heterocycles. The Morgan fingerprint density at radius 2 is 1.91 bits per heavy atom. The third kappa shape index (κ3) is 4.88. The number of halogens is 1. The molecule has 0 aliphatic carbocycles. The number of ether oxygens (including phenoxy) is 1. The van der Waals surface area contributed by atoms with Crippen LogP contribution in [-0.4, -0.2) is 29.9 Å². The van der Waals surface area contributed by atoms with Crippen LogP contribution in [0.5, 0.6) is 5.75 Å². The Labute approximate surface area is 206 Å². The zero-order chi connectivity index (χ0) is 24.4. The van der Waals surface area contributed by atoms with Gasteiger partial charge >= 0.3 is 0 Å². The highest BCUT2D eigenvalue weighted by Gasteiger charge is 2.38. The minimum Gasteiger partial charge on any atom is -0.494 e. The molecule has 3 aromatic carbocycles. The van der Waals surface area contributed by atoms with Gasteiger partial charge in [-0.1, -0.05) is 41.7 Å². The summed E-state index contributed by atoms with van der Waals surface area (Å²) < 4.78 is 19.9. The molecule has 0 spiro atoms. The highest BCUT2D eigenvalue weighted by Crippen LogP contribution is 2.34. The van der Waals surface area contributed by atoms with Crippen LogP contribution in [0.2, 0.25) is 0 Å². The summed E-state index contributed by atoms with van der Waals surface area (Å²) in [6.45, 7) is 3.08. The molecule has 6 nitrogen and oxygen atoms in total. The topological polar surface area (TPSA) is 62.7 Å². The minimum absolute atomic E-state index is 0.0986. The van der Waals surface area contributed by atoms with Crippen LogP contribution >= 0.6 is 11.3 Å². The normalized spacial score (nSPS) is 15.5. The molecule has 178 valence electrons. The van der Waals surface area contributed by atoms with Crippen molar-refractivity contribution in [2.45, 2.75) is 19.9 Å². The molecule has 1 aliphatic heterocycles. The molecule has 0 bridgehead atoms. The maximum absolute atomic E-state index is 13.8. The second kappa shape index (κ2) is 9.84. The van der Waals surface area contributed by atoms with E-state index in [1.165, 1.54) is 23.5 Å². The second-order valence-corrected chi connectivity index (χ2v) is 9.36. The summed E-state index contributed by atoms with van der Waals surface area (Å²) in [6, 6.07) is 21.3. The van der Waals surface area contributed by atoms with Gasteiger partial charge in [-0.15, -0.1) is 0 Å². The zero-order valence-electron chi connectivity index (χ0n) is 19.2. The molecular formula is C27H24FN3O3S. The van der Waals surface area contributed by atoms with Gasteiger partial charge in [0.05, 0.1) is 29.3 Å². The zero-order valence-corrected chi connectivity index (χ0v) is 20.0. The van der Waals surface area contributed by atoms with Gasteiger partial charge < -0.3 is 9.64 Å². The largest absolute Gasteiger partial charge is 0.494 e. The van der Waals surface area contributed by atoms with Crippen molar-refractivity contribution < 1.29 is 18.7 Å². The van der Waals surface area contributed by atoms with Crippen molar-refractivity contribution in [3.05, 3.63) is 84.2 Å². The lowest BCUT2D eigenvalue weighted by Gasteiger charge is -2.23. The number of rotatable bonds is 7. The Kier molecular flexibility index (Phi) is 6.46. The summed E-state index contributed by atoms with van der Waals surface area (Å²) in [6.07, 6.45) is 0.122. The van der Waals surface area contributed by atoms with E-state index in [0.29, 0.717) is 28.5 Å². The van der Waals surface area contributed by atoms with E-state index in [0.717, 1.165) is 17.0 Å². The molecule has 4 aromatic rings. The SMILES string of the molecule is CCOc1ccc(N2C[C@H](C(=O)N(Cc3ccccc3)c3nc4ccc(F)cc4s3)CC2=O)cc1. The molecule has 0 N–H and O–H groups in total. The lowest BCUT2D eigenvalue weighted by atomic mass is 10.1. The van der Waals surface area contributed by atoms with Crippen LogP contribution in [0.4, 0.5) is 15.2 Å². The number of benzene rings is 3. The van der Waals surface area contributed by atoms with Crippen LogP contribution in [0.25, 0.3) is 10.2 Å². The van der Waals surface area contributed by atoms with E-state index in [4.69, 9.17) is 4.74 Å². The van der Waals surface area contributed by atoms with Crippen LogP contribution in [0.1, 0.15) is 18.9 Å². The summed E-state index contributed by atoms with van der Waals surface area (Å²) in [5.74, 6) is -0.395. The predicted octanol–water partition coefficient (Wildman–Crippen LogP) is 5.42. The molecule has 0 radical (unpaired) electrons. The van der Waals surface area contributed by atoms with Crippen LogP contribution in [0, 0.1) is 11.7 Å². The molecule has 0 saturated carbocycles. The molecule has 2 heterocycles. The van der Waals surface area contributed by atoms with E-state index in [1.807, 2.05) is 61.5 Å². The monoisotopic (exact) mass is 489 g/mol. The lowest BCUT2D eigenvalue weighted by molar-refractivity contribution is -0.124. The van der Waals surface area contributed by atoms with E-state index < -0.39 is 5.92 Å². The van der Waals surface area contributed by atoms with Crippen LogP contribution < -0.4 is 14.5 Å². The van der Waals surface area contributed by atoms with E-state index in [1.54, 1.807) is 15.9 Å². The first kappa shape index (κ1) is 23.0. The third-order valence-corrected chi connectivity index (χ3v) is 6.99. The number of carbonyl (C=O) groups excluding carboxylic acids is 2. The fourth-order valence-electron chi connectivity index (χ4n) is 4.24. The van der Waals surface area contributed by atoms with Gasteiger partial charge in [-0.25, -0.2) is 9.37 Å². The Morgan fingerprint density at radius 3 is 2.66 bits per heavy atom. The second-order valence-electron chi connectivity index (χ2n) is 8.35. The van der Waals surface area contributed by atoms with Gasteiger partial charge in [0.2, 0.25) is 11.8 Å². The number of fused-ring (bicyclic) bond motifs is 1. The lowest BCUT2D eigenvalue weighted by Crippen LogP contribution is -2.37. The van der Waals surface area contributed by atoms with Crippen molar-refractivity contribution in [3.63, 3.8) is 0 Å². The summed E-state index contributed by atoms with van der Waals surface area (Å²) in [4.78, 5) is 34.5. The van der Waals surface area contributed by atoms with Crippen molar-refractivity contribution in [1.82, 2.24) is 4.98 Å². The van der Waals surface area contributed by atoms with Crippen molar-refractivity contribution >= 4 is 44.2 Å². The maximum atomic E-state index is 13.8. The molecule has 2 amide bonds. The quantitative estimate of drug-likeness (QED) is 0.348. The van der Waals surface area contributed by atoms with Gasteiger partial charge in [0.1, 0.15) is 11.6 Å². The highest BCUT2D eigenvalue weighted by atomic mass is 32.1. The molecule has 1 saturated heterocycles. The average Bonchev–Trinajstić information content (AvgIpc) is 3.46. The van der Waals surface area contributed by atoms with Crippen molar-refractivity contribution in [3.8, 4) is 5.75 Å².